The molecular formula is C79H181N11O17. The monoisotopic (exact) mass is 1560 g/mol. The van der Waals surface area contributed by atoms with Crippen LogP contribution in [0, 0.1) is 32.5 Å². The SMILES string of the molecule is C=O.C=O.C=O.C=O.C=O.C=O.CC.CC.CC.CC.CC.CC.CN1CC(C)(C)[C@@H]2[C@H]1CCN2C.CN1CC(C)(C)[C@@H]2[C@H]1CN(C)N2C.CN1CC(C)(C)[C@@H]2[C@H]1CON2C.CN1CC[C@H]2OCC(C)(C)[C@H]21.CN1C[C@H]2OCC(C)(C)[C@H]2N1C.CN1OC[C@H]2OCC(C)(C)[C@H]21.CO.CO.CO.CO.CO.CO. The van der Waals surface area contributed by atoms with E-state index in [0.717, 1.165) is 100 Å². The Bertz CT molecular complexity index is 1820. The Kier molecular flexibility index (Phi) is 89.4. The van der Waals surface area contributed by atoms with Crippen molar-refractivity contribution in [2.45, 2.75) is 252 Å². The number of likely N-dealkylation sites (N-methyl/N-ethyl adjacent to an activating group) is 11. The van der Waals surface area contributed by atoms with E-state index in [4.69, 9.17) is 83.3 Å². The van der Waals surface area contributed by atoms with E-state index in [0.29, 0.717) is 81.6 Å². The highest BCUT2D eigenvalue weighted by atomic mass is 16.7. The molecule has 12 atom stereocenters. The molecule has 28 nitrogen and oxygen atoms in total. The number of carbonyl (C=O) groups excluding carboxylic acids is 6. The van der Waals surface area contributed by atoms with Crippen molar-refractivity contribution in [1.82, 2.24) is 54.7 Å². The molecule has 654 valence electrons. The predicted octanol–water partition coefficient (Wildman–Crippen LogP) is 7.13. The summed E-state index contributed by atoms with van der Waals surface area (Å²) in [4.78, 5) is 71.3. The van der Waals surface area contributed by atoms with Crippen LogP contribution in [0.4, 0.5) is 0 Å². The van der Waals surface area contributed by atoms with Gasteiger partial charge in [-0.25, -0.2) is 20.0 Å². The molecule has 107 heavy (non-hydrogen) atoms. The van der Waals surface area contributed by atoms with Gasteiger partial charge in [0.25, 0.3) is 0 Å². The van der Waals surface area contributed by atoms with Crippen molar-refractivity contribution in [2.75, 3.05) is 199 Å². The van der Waals surface area contributed by atoms with Gasteiger partial charge in [-0.3, -0.25) is 19.5 Å². The summed E-state index contributed by atoms with van der Waals surface area (Å²) in [5.41, 5.74) is 2.21. The Morgan fingerprint density at radius 2 is 0.561 bits per heavy atom. The zero-order valence-electron chi connectivity index (χ0n) is 77.2. The normalized spacial score (nSPS) is 28.9. The van der Waals surface area contributed by atoms with Gasteiger partial charge in [-0.1, -0.05) is 166 Å². The van der Waals surface area contributed by atoms with Crippen molar-refractivity contribution in [1.29, 1.82) is 0 Å². The van der Waals surface area contributed by atoms with E-state index in [9.17, 15) is 0 Å². The number of nitrogens with zero attached hydrogens (tertiary/aromatic N) is 11. The molecule has 12 rings (SSSR count). The second-order valence-corrected chi connectivity index (χ2v) is 28.6. The van der Waals surface area contributed by atoms with Crippen LogP contribution in [-0.4, -0.2) is 398 Å². The van der Waals surface area contributed by atoms with Gasteiger partial charge in [0.2, 0.25) is 0 Å². The number of hydroxylamine groups is 4. The minimum atomic E-state index is 0.246. The summed E-state index contributed by atoms with van der Waals surface area (Å²) in [6, 6.07) is 5.90. The molecule has 0 aliphatic carbocycles. The number of rotatable bonds is 0. The number of hydrogen-bond donors (Lipinski definition) is 6. The van der Waals surface area contributed by atoms with Gasteiger partial charge < -0.3 is 88.3 Å². The first-order valence-corrected chi connectivity index (χ1v) is 38.1. The van der Waals surface area contributed by atoms with E-state index in [-0.39, 0.29) is 5.41 Å². The Morgan fingerprint density at radius 1 is 0.280 bits per heavy atom. The van der Waals surface area contributed by atoms with Crippen molar-refractivity contribution in [3.8, 4) is 0 Å². The van der Waals surface area contributed by atoms with Crippen molar-refractivity contribution in [2.24, 2.45) is 32.5 Å². The van der Waals surface area contributed by atoms with E-state index in [2.05, 4.69) is 191 Å². The van der Waals surface area contributed by atoms with Gasteiger partial charge in [0, 0.05) is 171 Å². The summed E-state index contributed by atoms with van der Waals surface area (Å²) in [5, 5.41) is 55.3. The Morgan fingerprint density at radius 3 is 0.916 bits per heavy atom. The second-order valence-electron chi connectivity index (χ2n) is 28.6. The van der Waals surface area contributed by atoms with Crippen LogP contribution in [0.1, 0.15) is 179 Å². The maximum atomic E-state index is 8.00. The molecule has 12 fully saturated rings. The molecule has 0 amide bonds. The molecule has 12 aliphatic rings. The predicted molar refractivity (Wildman–Crippen MR) is 446 cm³/mol. The van der Waals surface area contributed by atoms with Crippen LogP contribution in [0.25, 0.3) is 0 Å². The van der Waals surface area contributed by atoms with E-state index >= 15 is 0 Å². The number of aliphatic hydroxyl groups excluding tert-OH is 6. The summed E-state index contributed by atoms with van der Waals surface area (Å²) in [5.74, 6) is 0. The Labute approximate surface area is 659 Å². The smallest absolute Gasteiger partial charge is 0.106 e. The van der Waals surface area contributed by atoms with Crippen LogP contribution in [0.3, 0.4) is 0 Å². The van der Waals surface area contributed by atoms with Crippen LogP contribution >= 0.6 is 0 Å². The highest BCUT2D eigenvalue weighted by Crippen LogP contribution is 2.45. The number of likely N-dealkylation sites (tertiary alicyclic amines) is 5. The summed E-state index contributed by atoms with van der Waals surface area (Å²) in [7, 11) is 29.9. The van der Waals surface area contributed by atoms with Gasteiger partial charge in [-0.15, -0.1) is 0 Å². The van der Waals surface area contributed by atoms with Crippen LogP contribution in [0.15, 0.2) is 0 Å². The standard InChI is InChI=1S/C10H21N3.C10H20N2.2C9H18N2O.C9H17NO.C8H15NO2.6C2H6.6CH4O.6CH2O/c1-10(2)7-11(3)8-6-12(4)13(5)9(8)10;1-10(2)7-12(4)8-5-6-11(3)9(8)10;1-9(2)6-10(3)7-5-12-11(4)8(7)9;1-9(2)6-12-7-5-10(3)11(4)8(7)9;1-9(2)6-11-7-4-5-10(3)8(7)9;1-8(2)5-10-6-4-11-9(3)7(6)8;18*1-2/h8-9H,6-7H2,1-5H3;8-9H,5-7H2,1-4H3;2*7-8H,5-6H2,1-4H3;7-8H,4-6H2,1-3H3;6-7H,4-5H2,1-3H3;6*1-2H3;6*2H,1H3;6*1H2/t2*8-,9+;3*7-,8+;6-,7+;;;;;;;;;;;;;;;;;;/m111111................../s1. The van der Waals surface area contributed by atoms with Gasteiger partial charge in [0.05, 0.1) is 69.4 Å². The third-order valence-corrected chi connectivity index (χ3v) is 19.6. The number of hydrogen-bond acceptors (Lipinski definition) is 28. The molecule has 0 spiro atoms. The van der Waals surface area contributed by atoms with Crippen LogP contribution in [0.5, 0.6) is 0 Å². The molecule has 12 saturated heterocycles. The lowest BCUT2D eigenvalue weighted by Gasteiger charge is -2.33. The molecule has 0 aromatic heterocycles. The highest BCUT2D eigenvalue weighted by Gasteiger charge is 2.55. The molecule has 6 N–H and O–H groups in total. The zero-order chi connectivity index (χ0) is 88.7. The first-order valence-electron chi connectivity index (χ1n) is 38.1. The third-order valence-electron chi connectivity index (χ3n) is 19.6. The number of ether oxygens (including phenoxy) is 3. The average Bonchev–Trinajstić information content (AvgIpc) is 1.61. The van der Waals surface area contributed by atoms with Crippen molar-refractivity contribution in [3.63, 3.8) is 0 Å². The molecule has 12 heterocycles. The van der Waals surface area contributed by atoms with Crippen molar-refractivity contribution in [3.05, 3.63) is 0 Å². The van der Waals surface area contributed by atoms with Crippen molar-refractivity contribution < 1.29 is 83.3 Å². The van der Waals surface area contributed by atoms with E-state index in [1.54, 1.807) is 0 Å². The Balaban J connectivity index is -0.0000000932. The largest absolute Gasteiger partial charge is 0.400 e. The summed E-state index contributed by atoms with van der Waals surface area (Å²) in [6.45, 7) is 76.5. The topological polar surface area (TPSA) is 306 Å². The minimum absolute atomic E-state index is 0.246. The fourth-order valence-corrected chi connectivity index (χ4v) is 16.7. The first kappa shape index (κ1) is 130. The summed E-state index contributed by atoms with van der Waals surface area (Å²) in [6.07, 6.45) is 3.84. The average molecular weight is 1560 g/mol. The van der Waals surface area contributed by atoms with Gasteiger partial charge in [-0.2, -0.15) is 10.1 Å². The molecule has 0 aromatic rings. The number of hydrazine groups is 2. The van der Waals surface area contributed by atoms with Crippen LogP contribution in [-0.2, 0) is 52.7 Å². The quantitative estimate of drug-likeness (QED) is 0.140. The molecule has 0 bridgehead atoms. The van der Waals surface area contributed by atoms with E-state index in [1.807, 2.05) is 148 Å². The Hall–Kier alpha value is -2.86. The molecule has 0 aromatic carbocycles. The number of fused-ring (bicyclic) bond motifs is 6. The van der Waals surface area contributed by atoms with Gasteiger partial charge in [0.1, 0.15) is 46.8 Å². The molecule has 28 heteroatoms. The zero-order valence-corrected chi connectivity index (χ0v) is 77.2. The lowest BCUT2D eigenvalue weighted by atomic mass is 9.85. The number of aliphatic hydroxyl groups is 6. The third kappa shape index (κ3) is 40.1. The fourth-order valence-electron chi connectivity index (χ4n) is 16.7. The van der Waals surface area contributed by atoms with Crippen molar-refractivity contribution >= 4 is 40.7 Å². The first-order chi connectivity index (χ1) is 50.7. The van der Waals surface area contributed by atoms with E-state index in [1.165, 1.54) is 52.1 Å². The molecule has 0 unspecified atom stereocenters. The summed E-state index contributed by atoms with van der Waals surface area (Å²) >= 11 is 0. The molecule has 12 aliphatic heterocycles. The van der Waals surface area contributed by atoms with Crippen LogP contribution in [0.2, 0.25) is 0 Å². The lowest BCUT2D eigenvalue weighted by molar-refractivity contribution is -0.132. The molecule has 0 radical (unpaired) electrons. The fraction of sp³-hybridized carbons (Fsp3) is 0.924. The molecular weight excluding hydrogens is 1370 g/mol. The maximum Gasteiger partial charge on any atom is 0.106 e. The van der Waals surface area contributed by atoms with Gasteiger partial charge >= 0.3 is 0 Å². The minimum Gasteiger partial charge on any atom is -0.400 e. The van der Waals surface area contributed by atoms with Gasteiger partial charge in [-0.05, 0) is 70.9 Å². The summed E-state index contributed by atoms with van der Waals surface area (Å²) < 4.78 is 17.1. The lowest BCUT2D eigenvalue weighted by Crippen LogP contribution is -2.43. The number of carbonyl (C=O) groups is 6. The second kappa shape index (κ2) is 73.3. The van der Waals surface area contributed by atoms with Gasteiger partial charge in [0.15, 0.2) is 0 Å². The van der Waals surface area contributed by atoms with E-state index < -0.39 is 0 Å². The highest BCUT2D eigenvalue weighted by molar-refractivity contribution is 5.12. The molecule has 0 saturated carbocycles. The van der Waals surface area contributed by atoms with Crippen LogP contribution < -0.4 is 0 Å². The maximum absolute atomic E-state index is 8.00.